The zero-order chi connectivity index (χ0) is 20.5. The Morgan fingerprint density at radius 1 is 1.14 bits per heavy atom. The molecule has 0 atom stereocenters. The largest absolute Gasteiger partial charge is 0.481 e. The predicted octanol–water partition coefficient (Wildman–Crippen LogP) is 1.61. The molecule has 0 aliphatic rings. The molecule has 2 amide bonds. The van der Waals surface area contributed by atoms with Crippen LogP contribution in [-0.2, 0) is 10.0 Å². The number of carbonyl (C=O) groups excluding carboxylic acids is 1. The van der Waals surface area contributed by atoms with Crippen LogP contribution in [0.1, 0.15) is 5.56 Å². The lowest BCUT2D eigenvalue weighted by Gasteiger charge is -2.09. The zero-order valence-electron chi connectivity index (χ0n) is 14.9. The second-order valence-corrected chi connectivity index (χ2v) is 7.43. The average molecular weight is 427 g/mol. The van der Waals surface area contributed by atoms with E-state index in [4.69, 9.17) is 21.1 Å². The number of fused-ring (bicyclic) bond motifs is 1. The van der Waals surface area contributed by atoms with Gasteiger partial charge in [0.25, 0.3) is 10.0 Å². The molecule has 3 aromatic heterocycles. The summed E-state index contributed by atoms with van der Waals surface area (Å²) in [5, 5.41) is 1.56. The molecule has 3 heterocycles. The monoisotopic (exact) mass is 426 g/mol. The minimum absolute atomic E-state index is 0.116. The highest BCUT2D eigenvalue weighted by molar-refractivity contribution is 7.90. The number of ether oxygens (including phenoxy) is 2. The molecule has 0 saturated heterocycles. The first-order chi connectivity index (χ1) is 13.2. The lowest BCUT2D eigenvalue weighted by atomic mass is 10.3. The molecule has 0 aromatic carbocycles. The number of hydrogen-bond donors (Lipinski definition) is 2. The molecule has 0 fully saturated rings. The molecule has 0 saturated carbocycles. The summed E-state index contributed by atoms with van der Waals surface area (Å²) in [6, 6.07) is 3.65. The number of aromatic nitrogens is 4. The first kappa shape index (κ1) is 19.6. The van der Waals surface area contributed by atoms with Crippen molar-refractivity contribution < 1.29 is 22.7 Å². The highest BCUT2D eigenvalue weighted by atomic mass is 35.5. The molecule has 0 spiro atoms. The van der Waals surface area contributed by atoms with Crippen molar-refractivity contribution in [2.24, 2.45) is 0 Å². The van der Waals surface area contributed by atoms with Gasteiger partial charge in [0, 0.05) is 6.20 Å². The summed E-state index contributed by atoms with van der Waals surface area (Å²) in [4.78, 5) is 24.0. The van der Waals surface area contributed by atoms with Gasteiger partial charge in [0.15, 0.2) is 10.2 Å². The van der Waals surface area contributed by atoms with E-state index in [-0.39, 0.29) is 27.9 Å². The summed E-state index contributed by atoms with van der Waals surface area (Å²) in [6.07, 6.45) is 1.54. The van der Waals surface area contributed by atoms with Crippen molar-refractivity contribution in [3.8, 4) is 11.8 Å². The van der Waals surface area contributed by atoms with Gasteiger partial charge in [-0.05, 0) is 18.6 Å². The van der Waals surface area contributed by atoms with Crippen molar-refractivity contribution in [1.82, 2.24) is 24.1 Å². The fourth-order valence-electron chi connectivity index (χ4n) is 2.31. The van der Waals surface area contributed by atoms with Gasteiger partial charge in [-0.2, -0.15) is 18.4 Å². The number of carbonyl (C=O) groups is 1. The number of pyridine rings is 1. The number of amides is 2. The maximum absolute atomic E-state index is 12.7. The number of urea groups is 1. The van der Waals surface area contributed by atoms with E-state index in [0.29, 0.717) is 5.65 Å². The second-order valence-electron chi connectivity index (χ2n) is 5.48. The number of hydrogen-bond acceptors (Lipinski definition) is 8. The van der Waals surface area contributed by atoms with Crippen LogP contribution in [0.4, 0.5) is 10.7 Å². The van der Waals surface area contributed by atoms with E-state index in [1.807, 2.05) is 4.72 Å². The first-order valence-electron chi connectivity index (χ1n) is 7.68. The third-order valence-electron chi connectivity index (χ3n) is 3.49. The molecule has 0 aliphatic carbocycles. The fourth-order valence-corrected chi connectivity index (χ4v) is 3.85. The zero-order valence-corrected chi connectivity index (χ0v) is 16.5. The van der Waals surface area contributed by atoms with E-state index in [1.54, 1.807) is 19.1 Å². The van der Waals surface area contributed by atoms with Crippen LogP contribution >= 0.6 is 11.6 Å². The van der Waals surface area contributed by atoms with Gasteiger partial charge in [0.2, 0.25) is 17.7 Å². The summed E-state index contributed by atoms with van der Waals surface area (Å²) < 4.78 is 38.4. The Labute approximate surface area is 164 Å². The van der Waals surface area contributed by atoms with Crippen molar-refractivity contribution >= 4 is 39.3 Å². The molecule has 148 valence electrons. The van der Waals surface area contributed by atoms with Crippen LogP contribution in [-0.4, -0.2) is 48.0 Å². The number of imidazole rings is 1. The SMILES string of the molecule is COc1cc(OC)nc(NC(=O)NS(=O)(=O)c2c(Cl)nc3ccc(C)cn23)n1. The molecule has 0 bridgehead atoms. The van der Waals surface area contributed by atoms with Gasteiger partial charge in [-0.3, -0.25) is 9.72 Å². The number of nitrogens with zero attached hydrogens (tertiary/aromatic N) is 4. The fraction of sp³-hybridized carbons (Fsp3) is 0.200. The minimum atomic E-state index is -4.35. The molecule has 11 nitrogen and oxygen atoms in total. The number of nitrogens with one attached hydrogen (secondary N) is 2. The van der Waals surface area contributed by atoms with Crippen LogP contribution in [0.5, 0.6) is 11.8 Å². The normalized spacial score (nSPS) is 11.3. The average Bonchev–Trinajstić information content (AvgIpc) is 2.96. The van der Waals surface area contributed by atoms with Gasteiger partial charge >= 0.3 is 6.03 Å². The van der Waals surface area contributed by atoms with Crippen LogP contribution in [0, 0.1) is 6.92 Å². The molecule has 0 unspecified atom stereocenters. The van der Waals surface area contributed by atoms with E-state index >= 15 is 0 Å². The highest BCUT2D eigenvalue weighted by Gasteiger charge is 2.27. The van der Waals surface area contributed by atoms with Crippen molar-refractivity contribution in [2.45, 2.75) is 11.9 Å². The minimum Gasteiger partial charge on any atom is -0.481 e. The molecule has 28 heavy (non-hydrogen) atoms. The van der Waals surface area contributed by atoms with Gasteiger partial charge in [-0.1, -0.05) is 17.7 Å². The Kier molecular flexibility index (Phi) is 5.25. The van der Waals surface area contributed by atoms with E-state index in [1.165, 1.54) is 30.9 Å². The second kappa shape index (κ2) is 7.48. The van der Waals surface area contributed by atoms with Crippen LogP contribution in [0.3, 0.4) is 0 Å². The highest BCUT2D eigenvalue weighted by Crippen LogP contribution is 2.23. The number of anilines is 1. The van der Waals surface area contributed by atoms with E-state index in [2.05, 4.69) is 20.3 Å². The summed E-state index contributed by atoms with van der Waals surface area (Å²) in [6.45, 7) is 1.78. The lowest BCUT2D eigenvalue weighted by molar-refractivity contribution is 0.256. The number of aryl methyl sites for hydroxylation is 1. The van der Waals surface area contributed by atoms with Crippen molar-refractivity contribution in [1.29, 1.82) is 0 Å². The quantitative estimate of drug-likeness (QED) is 0.627. The molecule has 3 aromatic rings. The third-order valence-corrected chi connectivity index (χ3v) is 5.22. The van der Waals surface area contributed by atoms with Gasteiger partial charge in [-0.25, -0.2) is 14.5 Å². The summed E-state index contributed by atoms with van der Waals surface area (Å²) in [5.41, 5.74) is 1.09. The Morgan fingerprint density at radius 3 is 2.39 bits per heavy atom. The van der Waals surface area contributed by atoms with Gasteiger partial charge in [0.05, 0.1) is 20.3 Å². The van der Waals surface area contributed by atoms with Crippen LogP contribution < -0.4 is 19.5 Å². The molecular formula is C15H15ClN6O5S. The van der Waals surface area contributed by atoms with Gasteiger partial charge in [0.1, 0.15) is 5.65 Å². The standard InChI is InChI=1S/C15H15ClN6O5S/c1-8-4-5-9-17-12(16)13(22(9)7-8)28(24,25)21-15(23)20-14-18-10(26-2)6-11(19-14)27-3/h4-7H,1-3H3,(H2,18,19,20,21,23). The van der Waals surface area contributed by atoms with E-state index in [0.717, 1.165) is 5.56 Å². The number of sulfonamides is 1. The number of halogens is 1. The first-order valence-corrected chi connectivity index (χ1v) is 9.54. The maximum Gasteiger partial charge on any atom is 0.335 e. The summed E-state index contributed by atoms with van der Waals surface area (Å²) in [7, 11) is -1.62. The van der Waals surface area contributed by atoms with Crippen LogP contribution in [0.2, 0.25) is 5.15 Å². The van der Waals surface area contributed by atoms with Crippen LogP contribution in [0.25, 0.3) is 5.65 Å². The lowest BCUT2D eigenvalue weighted by Crippen LogP contribution is -2.35. The Hall–Kier alpha value is -3.12. The molecular weight excluding hydrogens is 412 g/mol. The predicted molar refractivity (Wildman–Crippen MR) is 99.4 cm³/mol. The Bertz CT molecular complexity index is 1140. The molecule has 0 aliphatic heterocycles. The van der Waals surface area contributed by atoms with Crippen molar-refractivity contribution in [3.05, 3.63) is 35.1 Å². The third kappa shape index (κ3) is 3.92. The maximum atomic E-state index is 12.7. The van der Waals surface area contributed by atoms with Crippen molar-refractivity contribution in [3.63, 3.8) is 0 Å². The van der Waals surface area contributed by atoms with Gasteiger partial charge in [-0.15, -0.1) is 0 Å². The molecule has 13 heteroatoms. The Morgan fingerprint density at radius 2 is 1.79 bits per heavy atom. The van der Waals surface area contributed by atoms with Crippen LogP contribution in [0.15, 0.2) is 29.4 Å². The van der Waals surface area contributed by atoms with Gasteiger partial charge < -0.3 is 9.47 Å². The molecule has 2 N–H and O–H groups in total. The molecule has 3 rings (SSSR count). The number of rotatable bonds is 5. The van der Waals surface area contributed by atoms with E-state index in [9.17, 15) is 13.2 Å². The summed E-state index contributed by atoms with van der Waals surface area (Å²) >= 11 is 5.99. The smallest absolute Gasteiger partial charge is 0.335 e. The molecule has 0 radical (unpaired) electrons. The van der Waals surface area contributed by atoms with Crippen molar-refractivity contribution in [2.75, 3.05) is 19.5 Å². The summed E-state index contributed by atoms with van der Waals surface area (Å²) in [5.74, 6) is 0.0135. The number of methoxy groups -OCH3 is 2. The topological polar surface area (TPSA) is 137 Å². The van der Waals surface area contributed by atoms with E-state index < -0.39 is 16.1 Å². The Balaban J connectivity index is 1.88.